The minimum atomic E-state index is -0.0565. The molecule has 4 nitrogen and oxygen atoms in total. The first-order valence-electron chi connectivity index (χ1n) is 19.5. The first-order chi connectivity index (χ1) is 27.9. The van der Waals surface area contributed by atoms with Gasteiger partial charge in [0.25, 0.3) is 0 Å². The lowest BCUT2D eigenvalue weighted by Crippen LogP contribution is -2.16. The van der Waals surface area contributed by atoms with Gasteiger partial charge in [0.15, 0.2) is 17.5 Å². The molecular formula is C53H38N4. The number of hydrogen-bond acceptors (Lipinski definition) is 4. The average molecular weight is 731 g/mol. The molecule has 1 heterocycles. The molecule has 0 amide bonds. The summed E-state index contributed by atoms with van der Waals surface area (Å²) in [5, 5.41) is 12.5. The van der Waals surface area contributed by atoms with Crippen LogP contribution in [0.3, 0.4) is 0 Å². The standard InChI is InChI=1S/C53H38N4/c1-53(2)48-20-12-11-19-46(48)47-26-25-39(32-49(47)53)40-29-34(33-54)30-41(31-40)43-28-27-42(44-17-9-10-18-45(43)44)35-21-23-38(24-22-35)52-56-50(36-13-5-3-6-14-36)55-51(57-52)37-15-7-4-8-16-37/h3-10,12-18,20-32H,11,19H2,1-2H3. The monoisotopic (exact) mass is 730 g/mol. The Morgan fingerprint density at radius 1 is 0.491 bits per heavy atom. The summed E-state index contributed by atoms with van der Waals surface area (Å²) in [7, 11) is 0. The van der Waals surface area contributed by atoms with Crippen molar-refractivity contribution in [1.29, 1.82) is 5.26 Å². The Balaban J connectivity index is 1.02. The predicted octanol–water partition coefficient (Wildman–Crippen LogP) is 13.3. The van der Waals surface area contributed by atoms with Crippen molar-refractivity contribution in [2.45, 2.75) is 32.1 Å². The zero-order valence-corrected chi connectivity index (χ0v) is 31.9. The van der Waals surface area contributed by atoms with Gasteiger partial charge in [-0.15, -0.1) is 0 Å². The van der Waals surface area contributed by atoms with Crippen LogP contribution in [0.25, 0.3) is 83.9 Å². The van der Waals surface area contributed by atoms with Gasteiger partial charge in [-0.2, -0.15) is 5.26 Å². The van der Waals surface area contributed by atoms with Crippen molar-refractivity contribution >= 4 is 16.3 Å². The fraction of sp³-hybridized carbons (Fsp3) is 0.0943. The molecule has 4 heteroatoms. The Hall–Kier alpha value is -7.22. The third kappa shape index (κ3) is 6.05. The van der Waals surface area contributed by atoms with Gasteiger partial charge in [-0.1, -0.05) is 159 Å². The van der Waals surface area contributed by atoms with Gasteiger partial charge in [-0.3, -0.25) is 0 Å². The van der Waals surface area contributed by atoms with Crippen LogP contribution in [0.1, 0.15) is 43.4 Å². The SMILES string of the molecule is CC1(C)C2=C(CCC=C2)c2ccc(-c3cc(C#N)cc(-c4ccc(-c5ccc(-c6nc(-c7ccccc7)nc(-c7ccccc7)n6)cc5)c5ccccc45)c3)cc21. The van der Waals surface area contributed by atoms with Crippen molar-refractivity contribution in [3.05, 3.63) is 192 Å². The van der Waals surface area contributed by atoms with Crippen molar-refractivity contribution in [3.8, 4) is 73.6 Å². The van der Waals surface area contributed by atoms with E-state index in [0.29, 0.717) is 23.0 Å². The van der Waals surface area contributed by atoms with Gasteiger partial charge >= 0.3 is 0 Å². The maximum atomic E-state index is 10.2. The average Bonchev–Trinajstić information content (AvgIpc) is 3.51. The molecule has 0 fully saturated rings. The highest BCUT2D eigenvalue weighted by Crippen LogP contribution is 2.51. The maximum Gasteiger partial charge on any atom is 0.164 e. The molecule has 0 saturated heterocycles. The van der Waals surface area contributed by atoms with E-state index in [9.17, 15) is 5.26 Å². The van der Waals surface area contributed by atoms with Crippen LogP contribution in [0, 0.1) is 11.3 Å². The van der Waals surface area contributed by atoms with E-state index in [1.807, 2.05) is 72.8 Å². The second-order valence-corrected chi connectivity index (χ2v) is 15.5. The lowest BCUT2D eigenvalue weighted by Gasteiger charge is -2.24. The first kappa shape index (κ1) is 34.3. The molecule has 0 spiro atoms. The number of hydrogen-bond donors (Lipinski definition) is 0. The van der Waals surface area contributed by atoms with Gasteiger partial charge in [-0.25, -0.2) is 15.0 Å². The fourth-order valence-electron chi connectivity index (χ4n) is 8.73. The number of nitrogens with zero attached hydrogens (tertiary/aromatic N) is 4. The zero-order chi connectivity index (χ0) is 38.5. The van der Waals surface area contributed by atoms with Gasteiger partial charge in [0.1, 0.15) is 0 Å². The molecule has 10 rings (SSSR count). The Labute approximate surface area is 333 Å². The van der Waals surface area contributed by atoms with Crippen LogP contribution in [-0.2, 0) is 5.41 Å². The molecule has 0 radical (unpaired) electrons. The van der Waals surface area contributed by atoms with E-state index in [-0.39, 0.29) is 5.41 Å². The van der Waals surface area contributed by atoms with Gasteiger partial charge in [0.05, 0.1) is 11.6 Å². The molecule has 57 heavy (non-hydrogen) atoms. The van der Waals surface area contributed by atoms with E-state index >= 15 is 0 Å². The van der Waals surface area contributed by atoms with Gasteiger partial charge in [0, 0.05) is 22.1 Å². The molecule has 0 saturated carbocycles. The number of fused-ring (bicyclic) bond motifs is 3. The van der Waals surface area contributed by atoms with Crippen molar-refractivity contribution in [1.82, 2.24) is 15.0 Å². The van der Waals surface area contributed by atoms with E-state index in [1.165, 1.54) is 22.3 Å². The lowest BCUT2D eigenvalue weighted by atomic mass is 9.79. The number of allylic oxidation sites excluding steroid dienone is 4. The van der Waals surface area contributed by atoms with Crippen LogP contribution in [0.15, 0.2) is 175 Å². The molecule has 270 valence electrons. The van der Waals surface area contributed by atoms with Gasteiger partial charge in [-0.05, 0) is 104 Å². The van der Waals surface area contributed by atoms with E-state index in [1.54, 1.807) is 0 Å². The molecule has 0 N–H and O–H groups in total. The maximum absolute atomic E-state index is 10.2. The molecular weight excluding hydrogens is 693 g/mol. The Morgan fingerprint density at radius 3 is 1.61 bits per heavy atom. The highest BCUT2D eigenvalue weighted by atomic mass is 15.0. The smallest absolute Gasteiger partial charge is 0.164 e. The molecule has 1 aromatic heterocycles. The molecule has 0 atom stereocenters. The Bertz CT molecular complexity index is 2910. The van der Waals surface area contributed by atoms with Crippen molar-refractivity contribution in [3.63, 3.8) is 0 Å². The van der Waals surface area contributed by atoms with E-state index in [2.05, 4.69) is 117 Å². The predicted molar refractivity (Wildman–Crippen MR) is 233 cm³/mol. The Kier molecular flexibility index (Phi) is 8.31. The number of aromatic nitrogens is 3. The Morgan fingerprint density at radius 2 is 1.00 bits per heavy atom. The normalized spacial score (nSPS) is 14.0. The second kappa shape index (κ2) is 13.8. The van der Waals surface area contributed by atoms with Gasteiger partial charge in [0.2, 0.25) is 0 Å². The number of rotatable bonds is 6. The highest BCUT2D eigenvalue weighted by molar-refractivity contribution is 6.05. The molecule has 0 aliphatic heterocycles. The molecule has 0 unspecified atom stereocenters. The fourth-order valence-corrected chi connectivity index (χ4v) is 8.73. The third-order valence-corrected chi connectivity index (χ3v) is 11.6. The molecule has 7 aromatic carbocycles. The van der Waals surface area contributed by atoms with Crippen molar-refractivity contribution in [2.75, 3.05) is 0 Å². The summed E-state index contributed by atoms with van der Waals surface area (Å²) in [6.45, 7) is 4.67. The van der Waals surface area contributed by atoms with Crippen LogP contribution >= 0.6 is 0 Å². The van der Waals surface area contributed by atoms with E-state index in [4.69, 9.17) is 15.0 Å². The molecule has 2 aliphatic rings. The topological polar surface area (TPSA) is 62.5 Å². The van der Waals surface area contributed by atoms with Crippen LogP contribution in [0.2, 0.25) is 0 Å². The summed E-state index contributed by atoms with van der Waals surface area (Å²) in [6.07, 6.45) is 6.82. The molecule has 0 bridgehead atoms. The summed E-state index contributed by atoms with van der Waals surface area (Å²) < 4.78 is 0. The molecule has 2 aliphatic carbocycles. The summed E-state index contributed by atoms with van der Waals surface area (Å²) in [4.78, 5) is 14.7. The highest BCUT2D eigenvalue weighted by Gasteiger charge is 2.37. The zero-order valence-electron chi connectivity index (χ0n) is 31.9. The summed E-state index contributed by atoms with van der Waals surface area (Å²) in [5.41, 5.74) is 15.6. The largest absolute Gasteiger partial charge is 0.208 e. The van der Waals surface area contributed by atoms with Crippen LogP contribution in [0.5, 0.6) is 0 Å². The van der Waals surface area contributed by atoms with E-state index < -0.39 is 0 Å². The van der Waals surface area contributed by atoms with Crippen molar-refractivity contribution < 1.29 is 0 Å². The summed E-state index contributed by atoms with van der Waals surface area (Å²) in [5.74, 6) is 1.91. The van der Waals surface area contributed by atoms with Crippen molar-refractivity contribution in [2.24, 2.45) is 0 Å². The summed E-state index contributed by atoms with van der Waals surface area (Å²) >= 11 is 0. The molecule has 8 aromatic rings. The van der Waals surface area contributed by atoms with Crippen LogP contribution in [0.4, 0.5) is 0 Å². The minimum absolute atomic E-state index is 0.0565. The van der Waals surface area contributed by atoms with Crippen LogP contribution in [-0.4, -0.2) is 15.0 Å². The van der Waals surface area contributed by atoms with Gasteiger partial charge < -0.3 is 0 Å². The lowest BCUT2D eigenvalue weighted by molar-refractivity contribution is 0.651. The number of benzene rings is 7. The third-order valence-electron chi connectivity index (χ3n) is 11.6. The summed E-state index contributed by atoms with van der Waals surface area (Å²) in [6, 6.07) is 57.2. The number of nitriles is 1. The quantitative estimate of drug-likeness (QED) is 0.171. The minimum Gasteiger partial charge on any atom is -0.208 e. The van der Waals surface area contributed by atoms with E-state index in [0.717, 1.165) is 73.7 Å². The first-order valence-corrected chi connectivity index (χ1v) is 19.5. The second-order valence-electron chi connectivity index (χ2n) is 15.5. The van der Waals surface area contributed by atoms with Crippen LogP contribution < -0.4 is 0 Å².